The van der Waals surface area contributed by atoms with Crippen LogP contribution in [0.4, 0.5) is 0 Å². The number of hydrogen-bond donors (Lipinski definition) is 0. The minimum atomic E-state index is -4.02. The van der Waals surface area contributed by atoms with E-state index < -0.39 is 10.0 Å². The number of carbonyl (C=O) groups excluding carboxylic acids is 1. The van der Waals surface area contributed by atoms with Crippen molar-refractivity contribution in [1.82, 2.24) is 4.90 Å². The fraction of sp³-hybridized carbons (Fsp3) is 0.407. The Morgan fingerprint density at radius 3 is 2.47 bits per heavy atom. The lowest BCUT2D eigenvalue weighted by Gasteiger charge is -2.12. The summed E-state index contributed by atoms with van der Waals surface area (Å²) in [7, 11) is -2.44. The van der Waals surface area contributed by atoms with E-state index in [1.807, 2.05) is 12.1 Å². The second kappa shape index (κ2) is 14.8. The number of ether oxygens (including phenoxy) is 2. The number of carbonyl (C=O) groups is 1. The summed E-state index contributed by atoms with van der Waals surface area (Å²) in [6.45, 7) is 6.59. The Morgan fingerprint density at radius 1 is 1.08 bits per heavy atom. The molecule has 0 radical (unpaired) electrons. The Labute approximate surface area is 238 Å². The summed E-state index contributed by atoms with van der Waals surface area (Å²) in [5.41, 5.74) is 0.726. The molecule has 1 saturated heterocycles. The van der Waals surface area contributed by atoms with Gasteiger partial charge in [-0.1, -0.05) is 69.2 Å². The topological polar surface area (TPSA) is 85.3 Å². The van der Waals surface area contributed by atoms with Gasteiger partial charge in [0.2, 0.25) is 0 Å². The lowest BCUT2D eigenvalue weighted by Crippen LogP contribution is -2.29. The second-order valence-corrected chi connectivity index (χ2v) is 13.2. The van der Waals surface area contributed by atoms with E-state index in [-0.39, 0.29) is 21.8 Å². The normalized spacial score (nSPS) is 16.0. The number of sulfonamides is 1. The molecule has 2 aromatic rings. The number of hydrogen-bond acceptors (Lipinski definition) is 7. The van der Waals surface area contributed by atoms with E-state index in [1.54, 1.807) is 19.3 Å². The first kappa shape index (κ1) is 30.3. The monoisotopic (exact) mass is 596 g/mol. The molecule has 0 spiro atoms. The van der Waals surface area contributed by atoms with Crippen molar-refractivity contribution >= 4 is 61.9 Å². The molecule has 1 amide bonds. The van der Waals surface area contributed by atoms with E-state index in [0.29, 0.717) is 27.3 Å². The predicted molar refractivity (Wildman–Crippen MR) is 158 cm³/mol. The third-order valence-corrected chi connectivity index (χ3v) is 9.78. The minimum Gasteiger partial charge on any atom is -0.493 e. The van der Waals surface area contributed by atoms with Gasteiger partial charge >= 0.3 is 0 Å². The highest BCUT2D eigenvalue weighted by Gasteiger charge is 2.34. The van der Waals surface area contributed by atoms with Crippen molar-refractivity contribution < 1.29 is 22.7 Å². The molecule has 38 heavy (non-hydrogen) atoms. The third-order valence-electron chi connectivity index (χ3n) is 5.69. The van der Waals surface area contributed by atoms with Crippen LogP contribution in [-0.4, -0.2) is 44.7 Å². The van der Waals surface area contributed by atoms with Gasteiger partial charge in [0.1, 0.15) is 4.21 Å². The molecule has 0 N–H and O–H groups in total. The van der Waals surface area contributed by atoms with Gasteiger partial charge in [-0.25, -0.2) is 0 Å². The fourth-order valence-corrected chi connectivity index (χ4v) is 7.39. The molecule has 11 heteroatoms. The van der Waals surface area contributed by atoms with Gasteiger partial charge in [-0.05, 0) is 54.1 Å². The maximum atomic E-state index is 13.1. The van der Waals surface area contributed by atoms with Crippen molar-refractivity contribution in [3.05, 3.63) is 57.8 Å². The van der Waals surface area contributed by atoms with Crippen LogP contribution < -0.4 is 9.47 Å². The SMILES string of the molecule is C=CCN1C(=O)/C(=C/c2ccc(OC)c(OCCCCCCCCC)c2)S/C1=N/S(=O)(=O)c1ccc(Cl)s1. The number of nitrogens with zero attached hydrogens (tertiary/aromatic N) is 2. The van der Waals surface area contributed by atoms with Crippen LogP contribution in [0.5, 0.6) is 11.5 Å². The maximum absolute atomic E-state index is 13.1. The molecular formula is C27H33ClN2O5S3. The van der Waals surface area contributed by atoms with Crippen molar-refractivity contribution in [2.45, 2.75) is 56.1 Å². The third kappa shape index (κ3) is 8.36. The Hall–Kier alpha value is -2.27. The molecule has 0 saturated carbocycles. The minimum absolute atomic E-state index is 0.0111. The zero-order chi connectivity index (χ0) is 27.5. The Bertz CT molecular complexity index is 1290. The van der Waals surface area contributed by atoms with Gasteiger partial charge in [0, 0.05) is 6.54 Å². The van der Waals surface area contributed by atoms with Gasteiger partial charge in [0.15, 0.2) is 16.7 Å². The number of rotatable bonds is 15. The quantitative estimate of drug-likeness (QED) is 0.121. The number of unbranched alkanes of at least 4 members (excludes halogenated alkanes) is 6. The molecule has 1 aromatic carbocycles. The summed E-state index contributed by atoms with van der Waals surface area (Å²) in [6, 6.07) is 8.32. The van der Waals surface area contributed by atoms with Crippen LogP contribution in [0.15, 0.2) is 56.5 Å². The number of amidine groups is 1. The number of thiophene rings is 1. The van der Waals surface area contributed by atoms with E-state index in [9.17, 15) is 13.2 Å². The largest absolute Gasteiger partial charge is 0.493 e. The van der Waals surface area contributed by atoms with Crippen molar-refractivity contribution in [2.75, 3.05) is 20.3 Å². The standard InChI is InChI=1S/C27H33ClN2O5S3/c1-4-6-7-8-9-10-11-17-35-22-18-20(12-13-21(22)34-3)19-23-26(31)30(16-5-2)27(36-23)29-38(32,33)25-15-14-24(28)37-25/h5,12-15,18-19H,2,4,6-11,16-17H2,1,3H3/b23-19-,29-27+. The van der Waals surface area contributed by atoms with Crippen molar-refractivity contribution in [3.8, 4) is 11.5 Å². The first-order chi connectivity index (χ1) is 18.3. The van der Waals surface area contributed by atoms with Crippen molar-refractivity contribution in [1.29, 1.82) is 0 Å². The Balaban J connectivity index is 1.75. The van der Waals surface area contributed by atoms with E-state index in [1.165, 1.54) is 55.2 Å². The average molecular weight is 597 g/mol. The molecule has 1 aliphatic rings. The highest BCUT2D eigenvalue weighted by atomic mass is 35.5. The molecule has 2 heterocycles. The van der Waals surface area contributed by atoms with Gasteiger partial charge < -0.3 is 9.47 Å². The summed E-state index contributed by atoms with van der Waals surface area (Å²) < 4.78 is 41.3. The second-order valence-electron chi connectivity index (χ2n) is 8.60. The molecular weight excluding hydrogens is 564 g/mol. The van der Waals surface area contributed by atoms with Crippen LogP contribution in [0.25, 0.3) is 6.08 Å². The summed E-state index contributed by atoms with van der Waals surface area (Å²) in [5, 5.41) is 0.0644. The number of amides is 1. The van der Waals surface area contributed by atoms with Crippen LogP contribution >= 0.6 is 34.7 Å². The molecule has 0 aliphatic carbocycles. The van der Waals surface area contributed by atoms with Crippen molar-refractivity contribution in [2.24, 2.45) is 4.40 Å². The molecule has 0 bridgehead atoms. The number of halogens is 1. The van der Waals surface area contributed by atoms with E-state index in [4.69, 9.17) is 21.1 Å². The first-order valence-electron chi connectivity index (χ1n) is 12.5. The zero-order valence-electron chi connectivity index (χ0n) is 21.7. The fourth-order valence-electron chi connectivity index (χ4n) is 3.74. The van der Waals surface area contributed by atoms with Crippen LogP contribution in [0.2, 0.25) is 4.34 Å². The predicted octanol–water partition coefficient (Wildman–Crippen LogP) is 7.39. The maximum Gasteiger partial charge on any atom is 0.294 e. The number of thioether (sulfide) groups is 1. The summed E-state index contributed by atoms with van der Waals surface area (Å²) in [6.07, 6.45) is 11.5. The summed E-state index contributed by atoms with van der Waals surface area (Å²) in [4.78, 5) is 14.8. The molecule has 7 nitrogen and oxygen atoms in total. The lowest BCUT2D eigenvalue weighted by molar-refractivity contribution is -0.121. The Morgan fingerprint density at radius 2 is 1.82 bits per heavy atom. The molecule has 3 rings (SSSR count). The van der Waals surface area contributed by atoms with Crippen molar-refractivity contribution in [3.63, 3.8) is 0 Å². The van der Waals surface area contributed by atoms with Crippen LogP contribution in [0.3, 0.4) is 0 Å². The number of methoxy groups -OCH3 is 1. The van der Waals surface area contributed by atoms with Crippen LogP contribution in [0.1, 0.15) is 57.4 Å². The van der Waals surface area contributed by atoms with Crippen LogP contribution in [-0.2, 0) is 14.8 Å². The van der Waals surface area contributed by atoms with Gasteiger partial charge in [-0.15, -0.1) is 22.3 Å². The molecule has 1 aromatic heterocycles. The molecule has 0 atom stereocenters. The smallest absolute Gasteiger partial charge is 0.294 e. The average Bonchev–Trinajstić information content (AvgIpc) is 3.45. The molecule has 1 aliphatic heterocycles. The van der Waals surface area contributed by atoms with Gasteiger partial charge in [0.05, 0.1) is 23.0 Å². The highest BCUT2D eigenvalue weighted by Crippen LogP contribution is 2.36. The molecule has 206 valence electrons. The zero-order valence-corrected chi connectivity index (χ0v) is 24.9. The van der Waals surface area contributed by atoms with E-state index in [2.05, 4.69) is 17.9 Å². The lowest BCUT2D eigenvalue weighted by atomic mass is 10.1. The van der Waals surface area contributed by atoms with Gasteiger partial charge in [-0.2, -0.15) is 8.42 Å². The van der Waals surface area contributed by atoms with Gasteiger partial charge in [0.25, 0.3) is 15.9 Å². The van der Waals surface area contributed by atoms with Crippen LogP contribution in [0, 0.1) is 0 Å². The van der Waals surface area contributed by atoms with E-state index >= 15 is 0 Å². The summed E-state index contributed by atoms with van der Waals surface area (Å²) in [5.74, 6) is 0.850. The molecule has 0 unspecified atom stereocenters. The summed E-state index contributed by atoms with van der Waals surface area (Å²) >= 11 is 7.81. The first-order valence-corrected chi connectivity index (χ1v) is 16.0. The molecule has 1 fully saturated rings. The highest BCUT2D eigenvalue weighted by molar-refractivity contribution is 8.19. The van der Waals surface area contributed by atoms with E-state index in [0.717, 1.165) is 41.5 Å². The number of benzene rings is 1. The van der Waals surface area contributed by atoms with Gasteiger partial charge in [-0.3, -0.25) is 9.69 Å². The Kier molecular flexibility index (Phi) is 11.8.